The zero-order chi connectivity index (χ0) is 15.3. The fourth-order valence-corrected chi connectivity index (χ4v) is 3.20. The number of ether oxygens (including phenoxy) is 1. The number of sulfonamides is 1. The van der Waals surface area contributed by atoms with E-state index in [0.717, 1.165) is 5.56 Å². The largest absolute Gasteiger partial charge is 0.463 e. The third-order valence-electron chi connectivity index (χ3n) is 2.83. The molecule has 0 radical (unpaired) electrons. The molecule has 0 amide bonds. The Labute approximate surface area is 123 Å². The van der Waals surface area contributed by atoms with Gasteiger partial charge in [0.1, 0.15) is 0 Å². The molecular weight excluding hydrogens is 292 g/mol. The molecule has 7 nitrogen and oxygen atoms in total. The van der Waals surface area contributed by atoms with Gasteiger partial charge in [0.2, 0.25) is 16.0 Å². The topological polar surface area (TPSA) is 97.0 Å². The fraction of sp³-hybridized carbons (Fsp3) is 0.385. The molecule has 0 saturated carbocycles. The van der Waals surface area contributed by atoms with E-state index in [1.807, 2.05) is 37.3 Å². The van der Waals surface area contributed by atoms with Crippen LogP contribution in [0.25, 0.3) is 0 Å². The van der Waals surface area contributed by atoms with Crippen LogP contribution in [-0.4, -0.2) is 36.0 Å². The van der Waals surface area contributed by atoms with Crippen molar-refractivity contribution in [3.05, 3.63) is 35.9 Å². The molecular formula is C13H18N4O3S. The number of hydrogen-bond acceptors (Lipinski definition) is 5. The Kier molecular flexibility index (Phi) is 4.79. The number of aromatic amines is 1. The van der Waals surface area contributed by atoms with E-state index in [1.54, 1.807) is 6.92 Å². The number of benzene rings is 1. The van der Waals surface area contributed by atoms with Crippen LogP contribution in [0.2, 0.25) is 0 Å². The van der Waals surface area contributed by atoms with Gasteiger partial charge in [-0.25, -0.2) is 13.5 Å². The van der Waals surface area contributed by atoms with Crippen LogP contribution < -0.4 is 9.46 Å². The Morgan fingerprint density at radius 2 is 2.05 bits per heavy atom. The van der Waals surface area contributed by atoms with Gasteiger partial charge in [0.15, 0.2) is 0 Å². The summed E-state index contributed by atoms with van der Waals surface area (Å²) in [5, 5.41) is 6.23. The van der Waals surface area contributed by atoms with Crippen LogP contribution in [0.15, 0.2) is 30.3 Å². The molecule has 1 atom stereocenters. The first-order valence-electron chi connectivity index (χ1n) is 6.61. The van der Waals surface area contributed by atoms with Gasteiger partial charge in [-0.1, -0.05) is 37.3 Å². The second-order valence-corrected chi connectivity index (χ2v) is 6.36. The lowest BCUT2D eigenvalue weighted by molar-refractivity contribution is 0.314. The van der Waals surface area contributed by atoms with Crippen LogP contribution >= 0.6 is 0 Å². The van der Waals surface area contributed by atoms with E-state index in [2.05, 4.69) is 19.9 Å². The SMILES string of the molecule is CCOc1n[nH]c(NS(=O)(=O)CC(C)c2ccccc2)n1. The zero-order valence-electron chi connectivity index (χ0n) is 11.9. The van der Waals surface area contributed by atoms with E-state index in [-0.39, 0.29) is 23.6 Å². The number of anilines is 1. The summed E-state index contributed by atoms with van der Waals surface area (Å²) < 4.78 is 31.6. The quantitative estimate of drug-likeness (QED) is 0.812. The third-order valence-corrected chi connectivity index (χ3v) is 4.27. The maximum absolute atomic E-state index is 12.1. The fourth-order valence-electron chi connectivity index (χ4n) is 1.88. The lowest BCUT2D eigenvalue weighted by Gasteiger charge is -2.12. The van der Waals surface area contributed by atoms with E-state index in [4.69, 9.17) is 4.74 Å². The van der Waals surface area contributed by atoms with Crippen LogP contribution in [0.4, 0.5) is 5.95 Å². The summed E-state index contributed by atoms with van der Waals surface area (Å²) >= 11 is 0. The average Bonchev–Trinajstić information content (AvgIpc) is 2.86. The van der Waals surface area contributed by atoms with Crippen molar-refractivity contribution in [2.45, 2.75) is 19.8 Å². The number of H-pyrrole nitrogens is 1. The second-order valence-electron chi connectivity index (χ2n) is 4.59. The lowest BCUT2D eigenvalue weighted by atomic mass is 10.0. The minimum atomic E-state index is -3.52. The van der Waals surface area contributed by atoms with E-state index < -0.39 is 10.0 Å². The molecule has 1 heterocycles. The molecule has 2 rings (SSSR count). The smallest absolute Gasteiger partial charge is 0.337 e. The van der Waals surface area contributed by atoms with Gasteiger partial charge in [-0.15, -0.1) is 5.10 Å². The summed E-state index contributed by atoms with van der Waals surface area (Å²) in [6.07, 6.45) is 0. The van der Waals surface area contributed by atoms with Crippen molar-refractivity contribution < 1.29 is 13.2 Å². The average molecular weight is 310 g/mol. The molecule has 0 saturated heterocycles. The first-order chi connectivity index (χ1) is 10.00. The summed E-state index contributed by atoms with van der Waals surface area (Å²) in [5.74, 6) is -0.113. The molecule has 1 aromatic heterocycles. The maximum Gasteiger partial charge on any atom is 0.337 e. The molecule has 0 bridgehead atoms. The van der Waals surface area contributed by atoms with E-state index >= 15 is 0 Å². The first-order valence-corrected chi connectivity index (χ1v) is 8.26. The number of aromatic nitrogens is 3. The highest BCUT2D eigenvalue weighted by atomic mass is 32.2. The van der Waals surface area contributed by atoms with Crippen LogP contribution in [0.5, 0.6) is 6.01 Å². The Morgan fingerprint density at radius 3 is 2.71 bits per heavy atom. The first kappa shape index (κ1) is 15.3. The van der Waals surface area contributed by atoms with Crippen LogP contribution in [0, 0.1) is 0 Å². The van der Waals surface area contributed by atoms with Gasteiger partial charge >= 0.3 is 6.01 Å². The lowest BCUT2D eigenvalue weighted by Crippen LogP contribution is -2.21. The summed E-state index contributed by atoms with van der Waals surface area (Å²) in [6.45, 7) is 4.07. The third kappa shape index (κ3) is 4.45. The molecule has 2 aromatic rings. The van der Waals surface area contributed by atoms with E-state index in [0.29, 0.717) is 6.61 Å². The predicted molar refractivity (Wildman–Crippen MR) is 79.8 cm³/mol. The molecule has 0 fully saturated rings. The molecule has 0 aliphatic carbocycles. The summed E-state index contributed by atoms with van der Waals surface area (Å²) in [4.78, 5) is 3.89. The summed E-state index contributed by atoms with van der Waals surface area (Å²) in [7, 11) is -3.52. The normalized spacial score (nSPS) is 12.9. The Hall–Kier alpha value is -2.09. The van der Waals surface area contributed by atoms with Crippen LogP contribution in [-0.2, 0) is 10.0 Å². The minimum absolute atomic E-state index is 0.0400. The Morgan fingerprint density at radius 1 is 1.33 bits per heavy atom. The van der Waals surface area contributed by atoms with Crippen molar-refractivity contribution in [1.29, 1.82) is 0 Å². The molecule has 1 aromatic carbocycles. The number of rotatable bonds is 7. The Bertz CT molecular complexity index is 670. The maximum atomic E-state index is 12.1. The number of hydrogen-bond donors (Lipinski definition) is 2. The van der Waals surface area contributed by atoms with Gasteiger partial charge in [-0.05, 0) is 18.4 Å². The predicted octanol–water partition coefficient (Wildman–Crippen LogP) is 1.75. The molecule has 21 heavy (non-hydrogen) atoms. The van der Waals surface area contributed by atoms with Gasteiger partial charge in [0.25, 0.3) is 0 Å². The van der Waals surface area contributed by atoms with Crippen molar-refractivity contribution in [3.63, 3.8) is 0 Å². The van der Waals surface area contributed by atoms with Gasteiger partial charge in [0, 0.05) is 0 Å². The highest BCUT2D eigenvalue weighted by Gasteiger charge is 2.18. The molecule has 1 unspecified atom stereocenters. The Balaban J connectivity index is 2.01. The standard InChI is InChI=1S/C13H18N4O3S/c1-3-20-13-14-12(15-16-13)17-21(18,19)9-10(2)11-7-5-4-6-8-11/h4-8,10H,3,9H2,1-2H3,(H2,14,15,16,17). The molecule has 114 valence electrons. The van der Waals surface area contributed by atoms with Crippen LogP contribution in [0.1, 0.15) is 25.3 Å². The van der Waals surface area contributed by atoms with E-state index in [1.165, 1.54) is 0 Å². The zero-order valence-corrected chi connectivity index (χ0v) is 12.7. The minimum Gasteiger partial charge on any atom is -0.463 e. The number of nitrogens with zero attached hydrogens (tertiary/aromatic N) is 2. The molecule has 2 N–H and O–H groups in total. The molecule has 0 aliphatic heterocycles. The highest BCUT2D eigenvalue weighted by Crippen LogP contribution is 2.18. The van der Waals surface area contributed by atoms with Gasteiger partial charge in [-0.3, -0.25) is 4.72 Å². The van der Waals surface area contributed by atoms with Crippen molar-refractivity contribution in [1.82, 2.24) is 15.2 Å². The monoisotopic (exact) mass is 310 g/mol. The highest BCUT2D eigenvalue weighted by molar-refractivity contribution is 7.92. The molecule has 8 heteroatoms. The van der Waals surface area contributed by atoms with Crippen molar-refractivity contribution >= 4 is 16.0 Å². The van der Waals surface area contributed by atoms with Gasteiger partial charge in [-0.2, -0.15) is 4.98 Å². The summed E-state index contributed by atoms with van der Waals surface area (Å²) in [6, 6.07) is 9.59. The van der Waals surface area contributed by atoms with Gasteiger partial charge < -0.3 is 4.74 Å². The van der Waals surface area contributed by atoms with Crippen LogP contribution in [0.3, 0.4) is 0 Å². The number of nitrogens with one attached hydrogen (secondary N) is 2. The molecule has 0 spiro atoms. The van der Waals surface area contributed by atoms with Crippen molar-refractivity contribution in [2.24, 2.45) is 0 Å². The van der Waals surface area contributed by atoms with E-state index in [9.17, 15) is 8.42 Å². The molecule has 0 aliphatic rings. The second kappa shape index (κ2) is 6.57. The van der Waals surface area contributed by atoms with Crippen molar-refractivity contribution in [3.8, 4) is 6.01 Å². The van der Waals surface area contributed by atoms with Gasteiger partial charge in [0.05, 0.1) is 12.4 Å². The summed E-state index contributed by atoms with van der Waals surface area (Å²) in [5.41, 5.74) is 0.968. The van der Waals surface area contributed by atoms with Crippen molar-refractivity contribution in [2.75, 3.05) is 17.1 Å².